The molecule has 106 valence electrons. The van der Waals surface area contributed by atoms with Gasteiger partial charge in [0.1, 0.15) is 17.3 Å². The van der Waals surface area contributed by atoms with Crippen LogP contribution in [0.2, 0.25) is 5.02 Å². The van der Waals surface area contributed by atoms with Crippen LogP contribution in [0.15, 0.2) is 42.5 Å². The minimum absolute atomic E-state index is 0.273. The maximum Gasteiger partial charge on any atom is 0.146 e. The zero-order valence-corrected chi connectivity index (χ0v) is 12.1. The van der Waals surface area contributed by atoms with Crippen LogP contribution >= 0.6 is 11.6 Å². The van der Waals surface area contributed by atoms with Crippen molar-refractivity contribution < 1.29 is 9.13 Å². The Balaban J connectivity index is 2.20. The third-order valence-electron chi connectivity index (χ3n) is 2.82. The van der Waals surface area contributed by atoms with E-state index in [1.54, 1.807) is 18.2 Å². The molecule has 0 amide bonds. The van der Waals surface area contributed by atoms with Crippen molar-refractivity contribution in [3.8, 4) is 11.5 Å². The minimum Gasteiger partial charge on any atom is -0.455 e. The van der Waals surface area contributed by atoms with Crippen molar-refractivity contribution in [3.05, 3.63) is 58.9 Å². The zero-order valence-electron chi connectivity index (χ0n) is 11.3. The molecule has 0 saturated carbocycles. The van der Waals surface area contributed by atoms with E-state index in [-0.39, 0.29) is 5.82 Å². The number of nitrogens with one attached hydrogen (secondary N) is 1. The van der Waals surface area contributed by atoms with Crippen LogP contribution in [-0.2, 0) is 6.54 Å². The molecule has 0 radical (unpaired) electrons. The lowest BCUT2D eigenvalue weighted by atomic mass is 10.2. The molecule has 0 heterocycles. The van der Waals surface area contributed by atoms with Crippen molar-refractivity contribution in [2.45, 2.75) is 19.9 Å². The smallest absolute Gasteiger partial charge is 0.146 e. The Morgan fingerprint density at radius 1 is 1.15 bits per heavy atom. The monoisotopic (exact) mass is 293 g/mol. The lowest BCUT2D eigenvalue weighted by molar-refractivity contribution is 0.470. The molecule has 1 N–H and O–H groups in total. The van der Waals surface area contributed by atoms with E-state index in [9.17, 15) is 4.39 Å². The summed E-state index contributed by atoms with van der Waals surface area (Å²) in [7, 11) is 0. The fourth-order valence-corrected chi connectivity index (χ4v) is 2.01. The topological polar surface area (TPSA) is 21.3 Å². The molecule has 4 heteroatoms. The molecule has 20 heavy (non-hydrogen) atoms. The van der Waals surface area contributed by atoms with Gasteiger partial charge in [-0.3, -0.25) is 0 Å². The normalized spacial score (nSPS) is 10.6. The third-order valence-corrected chi connectivity index (χ3v) is 3.13. The molecule has 0 saturated heterocycles. The molecule has 0 aliphatic rings. The Morgan fingerprint density at radius 2 is 1.95 bits per heavy atom. The predicted molar refractivity (Wildman–Crippen MR) is 79.9 cm³/mol. The first-order chi connectivity index (χ1) is 9.70. The molecule has 0 aliphatic heterocycles. The summed E-state index contributed by atoms with van der Waals surface area (Å²) in [6.07, 6.45) is 1.02. The van der Waals surface area contributed by atoms with Crippen LogP contribution in [0.5, 0.6) is 11.5 Å². The molecule has 0 unspecified atom stereocenters. The van der Waals surface area contributed by atoms with Crippen LogP contribution in [0, 0.1) is 5.82 Å². The van der Waals surface area contributed by atoms with Gasteiger partial charge in [-0.15, -0.1) is 0 Å². The van der Waals surface area contributed by atoms with Gasteiger partial charge in [0, 0.05) is 12.1 Å². The van der Waals surface area contributed by atoms with Gasteiger partial charge in [0.25, 0.3) is 0 Å². The number of hydrogen-bond donors (Lipinski definition) is 1. The van der Waals surface area contributed by atoms with Crippen molar-refractivity contribution in [1.82, 2.24) is 5.32 Å². The number of ether oxygens (including phenoxy) is 1. The van der Waals surface area contributed by atoms with E-state index in [2.05, 4.69) is 12.2 Å². The van der Waals surface area contributed by atoms with Gasteiger partial charge in [0.15, 0.2) is 0 Å². The average molecular weight is 294 g/mol. The van der Waals surface area contributed by atoms with Crippen molar-refractivity contribution in [1.29, 1.82) is 0 Å². The van der Waals surface area contributed by atoms with Crippen LogP contribution < -0.4 is 10.1 Å². The van der Waals surface area contributed by atoms with Gasteiger partial charge >= 0.3 is 0 Å². The van der Waals surface area contributed by atoms with Crippen LogP contribution in [0.3, 0.4) is 0 Å². The Bertz CT molecular complexity index is 574. The Hall–Kier alpha value is -1.58. The molecule has 2 rings (SSSR count). The summed E-state index contributed by atoms with van der Waals surface area (Å²) >= 11 is 6.07. The molecule has 2 aromatic rings. The first-order valence-electron chi connectivity index (χ1n) is 6.62. The summed E-state index contributed by atoms with van der Waals surface area (Å²) in [6.45, 7) is 3.52. The number of para-hydroxylation sites is 1. The molecule has 0 bridgehead atoms. The second kappa shape index (κ2) is 7.27. The number of benzene rings is 2. The summed E-state index contributed by atoms with van der Waals surface area (Å²) < 4.78 is 19.2. The number of halogens is 2. The molecule has 2 aromatic carbocycles. The lowest BCUT2D eigenvalue weighted by Gasteiger charge is -2.13. The third kappa shape index (κ3) is 3.95. The first kappa shape index (κ1) is 14.8. The van der Waals surface area contributed by atoms with Gasteiger partial charge in [0.2, 0.25) is 0 Å². The van der Waals surface area contributed by atoms with E-state index in [1.807, 2.05) is 12.1 Å². The molecule has 0 aromatic heterocycles. The van der Waals surface area contributed by atoms with E-state index in [4.69, 9.17) is 16.3 Å². The molecule has 0 spiro atoms. The summed E-state index contributed by atoms with van der Waals surface area (Å²) in [5.74, 6) is 0.908. The van der Waals surface area contributed by atoms with E-state index < -0.39 is 0 Å². The maximum atomic E-state index is 13.4. The summed E-state index contributed by atoms with van der Waals surface area (Å²) in [5.41, 5.74) is 0.776. The highest BCUT2D eigenvalue weighted by Gasteiger charge is 2.08. The molecular formula is C16H17ClFNO. The van der Waals surface area contributed by atoms with E-state index in [0.717, 1.165) is 18.5 Å². The largest absolute Gasteiger partial charge is 0.455 e. The van der Waals surface area contributed by atoms with Gasteiger partial charge in [0.05, 0.1) is 5.02 Å². The highest BCUT2D eigenvalue weighted by Crippen LogP contribution is 2.31. The van der Waals surface area contributed by atoms with Gasteiger partial charge in [-0.2, -0.15) is 0 Å². The SMILES string of the molecule is CCCNCc1cc(F)ccc1Oc1ccccc1Cl. The zero-order chi connectivity index (χ0) is 14.4. The fraction of sp³-hybridized carbons (Fsp3) is 0.250. The maximum absolute atomic E-state index is 13.4. The summed E-state index contributed by atoms with van der Waals surface area (Å²) in [6, 6.07) is 11.7. The van der Waals surface area contributed by atoms with E-state index in [1.165, 1.54) is 12.1 Å². The number of hydrogen-bond acceptors (Lipinski definition) is 2. The Labute approximate surface area is 123 Å². The first-order valence-corrected chi connectivity index (χ1v) is 7.00. The summed E-state index contributed by atoms with van der Waals surface area (Å²) in [4.78, 5) is 0. The average Bonchev–Trinajstić information content (AvgIpc) is 2.44. The quantitative estimate of drug-likeness (QED) is 0.775. The van der Waals surface area contributed by atoms with Crippen LogP contribution in [0.25, 0.3) is 0 Å². The minimum atomic E-state index is -0.273. The van der Waals surface area contributed by atoms with Gasteiger partial charge in [-0.1, -0.05) is 30.7 Å². The molecular weight excluding hydrogens is 277 g/mol. The fourth-order valence-electron chi connectivity index (χ4n) is 1.83. The van der Waals surface area contributed by atoms with Gasteiger partial charge < -0.3 is 10.1 Å². The molecule has 0 atom stereocenters. The van der Waals surface area contributed by atoms with Crippen molar-refractivity contribution >= 4 is 11.6 Å². The molecule has 0 aliphatic carbocycles. The van der Waals surface area contributed by atoms with Crippen LogP contribution in [0.1, 0.15) is 18.9 Å². The molecule has 0 fully saturated rings. The lowest BCUT2D eigenvalue weighted by Crippen LogP contribution is -2.14. The predicted octanol–water partition coefficient (Wildman–Crippen LogP) is 4.77. The van der Waals surface area contributed by atoms with Crippen molar-refractivity contribution in [2.24, 2.45) is 0 Å². The van der Waals surface area contributed by atoms with E-state index >= 15 is 0 Å². The second-order valence-corrected chi connectivity index (χ2v) is 4.87. The van der Waals surface area contributed by atoms with Gasteiger partial charge in [-0.25, -0.2) is 4.39 Å². The Kier molecular flexibility index (Phi) is 5.39. The molecule has 2 nitrogen and oxygen atoms in total. The number of rotatable bonds is 6. The highest BCUT2D eigenvalue weighted by atomic mass is 35.5. The second-order valence-electron chi connectivity index (χ2n) is 4.46. The Morgan fingerprint density at radius 3 is 2.70 bits per heavy atom. The van der Waals surface area contributed by atoms with Gasteiger partial charge in [-0.05, 0) is 43.3 Å². The van der Waals surface area contributed by atoms with Crippen LogP contribution in [-0.4, -0.2) is 6.54 Å². The van der Waals surface area contributed by atoms with Crippen molar-refractivity contribution in [3.63, 3.8) is 0 Å². The standard InChI is InChI=1S/C16H17ClFNO/c1-2-9-19-11-12-10-13(18)7-8-15(12)20-16-6-4-3-5-14(16)17/h3-8,10,19H,2,9,11H2,1H3. The van der Waals surface area contributed by atoms with Crippen LogP contribution in [0.4, 0.5) is 4.39 Å². The summed E-state index contributed by atoms with van der Waals surface area (Å²) in [5, 5.41) is 3.77. The van der Waals surface area contributed by atoms with E-state index in [0.29, 0.717) is 23.1 Å². The van der Waals surface area contributed by atoms with Crippen molar-refractivity contribution in [2.75, 3.05) is 6.54 Å². The highest BCUT2D eigenvalue weighted by molar-refractivity contribution is 6.32.